The van der Waals surface area contributed by atoms with Crippen molar-refractivity contribution in [3.05, 3.63) is 65.0 Å². The van der Waals surface area contributed by atoms with Gasteiger partial charge in [-0.15, -0.1) is 0 Å². The lowest BCUT2D eigenvalue weighted by Gasteiger charge is -2.11. The highest BCUT2D eigenvalue weighted by Crippen LogP contribution is 2.16. The number of benzene rings is 2. The maximum atomic E-state index is 13.1. The topological polar surface area (TPSA) is 41.1 Å². The molecule has 21 heavy (non-hydrogen) atoms. The number of rotatable bonds is 5. The van der Waals surface area contributed by atoms with Crippen LogP contribution in [0.1, 0.15) is 21.5 Å². The van der Waals surface area contributed by atoms with Crippen LogP contribution in [0.15, 0.2) is 42.5 Å². The van der Waals surface area contributed by atoms with Crippen molar-refractivity contribution in [1.82, 2.24) is 5.32 Å². The van der Waals surface area contributed by atoms with Crippen LogP contribution in [0.4, 0.5) is 10.1 Å². The molecule has 0 radical (unpaired) electrons. The predicted molar refractivity (Wildman–Crippen MR) is 83.2 cm³/mol. The molecule has 2 aromatic rings. The van der Waals surface area contributed by atoms with Crippen LogP contribution < -0.4 is 10.6 Å². The molecule has 0 bridgehead atoms. The number of aryl methyl sites for hydroxylation is 1. The Morgan fingerprint density at radius 1 is 1.19 bits per heavy atom. The van der Waals surface area contributed by atoms with Gasteiger partial charge in [0.15, 0.2) is 0 Å². The number of carbonyl (C=O) groups excluding carboxylic acids is 1. The Bertz CT molecular complexity index is 640. The van der Waals surface area contributed by atoms with Gasteiger partial charge in [0.1, 0.15) is 5.82 Å². The summed E-state index contributed by atoms with van der Waals surface area (Å²) in [5.41, 5.74) is 3.32. The molecule has 0 unspecified atom stereocenters. The van der Waals surface area contributed by atoms with Crippen LogP contribution in [0, 0.1) is 12.7 Å². The number of anilines is 1. The monoisotopic (exact) mass is 286 g/mol. The number of hydrogen-bond donors (Lipinski definition) is 2. The summed E-state index contributed by atoms with van der Waals surface area (Å²) in [6, 6.07) is 12.1. The molecule has 0 atom stereocenters. The SMILES string of the molecule is CNc1ccc(C)cc1C(=O)NCCc1cccc(F)c1. The highest BCUT2D eigenvalue weighted by Gasteiger charge is 2.10. The van der Waals surface area contributed by atoms with E-state index in [4.69, 9.17) is 0 Å². The van der Waals surface area contributed by atoms with Crippen LogP contribution in [-0.2, 0) is 6.42 Å². The molecule has 1 amide bonds. The fourth-order valence-electron chi connectivity index (χ4n) is 2.17. The average Bonchev–Trinajstić information content (AvgIpc) is 2.47. The van der Waals surface area contributed by atoms with Crippen LogP contribution in [0.25, 0.3) is 0 Å². The minimum Gasteiger partial charge on any atom is -0.387 e. The van der Waals surface area contributed by atoms with Crippen LogP contribution in [0.3, 0.4) is 0 Å². The summed E-state index contributed by atoms with van der Waals surface area (Å²) in [7, 11) is 1.79. The summed E-state index contributed by atoms with van der Waals surface area (Å²) in [6.45, 7) is 2.42. The van der Waals surface area contributed by atoms with Crippen molar-refractivity contribution in [2.45, 2.75) is 13.3 Å². The molecule has 2 aromatic carbocycles. The average molecular weight is 286 g/mol. The molecule has 2 rings (SSSR count). The first-order chi connectivity index (χ1) is 10.1. The Morgan fingerprint density at radius 3 is 2.71 bits per heavy atom. The van der Waals surface area contributed by atoms with Crippen LogP contribution in [-0.4, -0.2) is 19.5 Å². The molecule has 0 spiro atoms. The zero-order valence-corrected chi connectivity index (χ0v) is 12.2. The van der Waals surface area contributed by atoms with E-state index < -0.39 is 0 Å². The summed E-state index contributed by atoms with van der Waals surface area (Å²) in [5.74, 6) is -0.380. The lowest BCUT2D eigenvalue weighted by Crippen LogP contribution is -2.26. The number of amides is 1. The second-order valence-electron chi connectivity index (χ2n) is 4.93. The Kier molecular flexibility index (Phi) is 4.93. The maximum absolute atomic E-state index is 13.1. The maximum Gasteiger partial charge on any atom is 0.253 e. The highest BCUT2D eigenvalue weighted by molar-refractivity contribution is 5.99. The molecule has 0 aliphatic carbocycles. The molecule has 3 nitrogen and oxygen atoms in total. The smallest absolute Gasteiger partial charge is 0.253 e. The van der Waals surface area contributed by atoms with E-state index in [2.05, 4.69) is 10.6 Å². The molecule has 0 aromatic heterocycles. The van der Waals surface area contributed by atoms with Crippen LogP contribution >= 0.6 is 0 Å². The zero-order valence-electron chi connectivity index (χ0n) is 12.2. The van der Waals surface area contributed by atoms with E-state index >= 15 is 0 Å². The zero-order chi connectivity index (χ0) is 15.2. The summed E-state index contributed by atoms with van der Waals surface area (Å²) >= 11 is 0. The number of carbonyl (C=O) groups is 1. The van der Waals surface area contributed by atoms with E-state index in [0.29, 0.717) is 18.5 Å². The van der Waals surface area contributed by atoms with E-state index in [0.717, 1.165) is 16.8 Å². The van der Waals surface area contributed by atoms with E-state index in [-0.39, 0.29) is 11.7 Å². The van der Waals surface area contributed by atoms with Gasteiger partial charge in [0, 0.05) is 19.3 Å². The Balaban J connectivity index is 1.97. The lowest BCUT2D eigenvalue weighted by molar-refractivity contribution is 0.0955. The molecule has 4 heteroatoms. The van der Waals surface area contributed by atoms with Gasteiger partial charge in [-0.2, -0.15) is 0 Å². The number of nitrogens with one attached hydrogen (secondary N) is 2. The number of halogens is 1. The van der Waals surface area contributed by atoms with Gasteiger partial charge >= 0.3 is 0 Å². The first-order valence-electron chi connectivity index (χ1n) is 6.91. The van der Waals surface area contributed by atoms with Crippen molar-refractivity contribution < 1.29 is 9.18 Å². The molecule has 110 valence electrons. The lowest BCUT2D eigenvalue weighted by atomic mass is 10.1. The van der Waals surface area contributed by atoms with Gasteiger partial charge in [-0.25, -0.2) is 4.39 Å². The molecule has 0 aliphatic heterocycles. The van der Waals surface area contributed by atoms with Gasteiger partial charge < -0.3 is 10.6 Å². The fourth-order valence-corrected chi connectivity index (χ4v) is 2.17. The first-order valence-corrected chi connectivity index (χ1v) is 6.91. The van der Waals surface area contributed by atoms with Crippen molar-refractivity contribution in [1.29, 1.82) is 0 Å². The standard InChI is InChI=1S/C17H19FN2O/c1-12-6-7-16(19-2)15(10-12)17(21)20-9-8-13-4-3-5-14(18)11-13/h3-7,10-11,19H,8-9H2,1-2H3,(H,20,21). The van der Waals surface area contributed by atoms with Crippen molar-refractivity contribution in [3.63, 3.8) is 0 Å². The molecule has 0 aliphatic rings. The fraction of sp³-hybridized carbons (Fsp3) is 0.235. The van der Waals surface area contributed by atoms with Crippen molar-refractivity contribution in [3.8, 4) is 0 Å². The Labute approximate surface area is 124 Å². The van der Waals surface area contributed by atoms with Crippen LogP contribution in [0.5, 0.6) is 0 Å². The molecule has 0 fully saturated rings. The summed E-state index contributed by atoms with van der Waals surface area (Å²) in [6.07, 6.45) is 0.601. The van der Waals surface area contributed by atoms with Gasteiger partial charge in [0.25, 0.3) is 5.91 Å². The number of hydrogen-bond acceptors (Lipinski definition) is 2. The van der Waals surface area contributed by atoms with Gasteiger partial charge in [0.2, 0.25) is 0 Å². The quantitative estimate of drug-likeness (QED) is 0.886. The second-order valence-corrected chi connectivity index (χ2v) is 4.93. The van der Waals surface area contributed by atoms with Crippen molar-refractivity contribution in [2.24, 2.45) is 0 Å². The molecule has 0 saturated carbocycles. The minimum absolute atomic E-state index is 0.126. The summed E-state index contributed by atoms with van der Waals surface area (Å²) in [4.78, 5) is 12.2. The van der Waals surface area contributed by atoms with Gasteiger partial charge in [-0.1, -0.05) is 23.8 Å². The Hall–Kier alpha value is -2.36. The minimum atomic E-state index is -0.255. The molecular formula is C17H19FN2O. The van der Waals surface area contributed by atoms with Gasteiger partial charge in [-0.05, 0) is 43.2 Å². The summed E-state index contributed by atoms with van der Waals surface area (Å²) in [5, 5.41) is 5.88. The Morgan fingerprint density at radius 2 is 2.00 bits per heavy atom. The first kappa shape index (κ1) is 15.0. The van der Waals surface area contributed by atoms with Crippen molar-refractivity contribution >= 4 is 11.6 Å². The second kappa shape index (κ2) is 6.88. The van der Waals surface area contributed by atoms with Crippen LogP contribution in [0.2, 0.25) is 0 Å². The van der Waals surface area contributed by atoms with Gasteiger partial charge in [-0.3, -0.25) is 4.79 Å². The predicted octanol–water partition coefficient (Wildman–Crippen LogP) is 3.15. The van der Waals surface area contributed by atoms with E-state index in [1.165, 1.54) is 12.1 Å². The third-order valence-electron chi connectivity index (χ3n) is 3.28. The molecule has 2 N–H and O–H groups in total. The molecule has 0 heterocycles. The van der Waals surface area contributed by atoms with E-state index in [1.807, 2.05) is 31.2 Å². The van der Waals surface area contributed by atoms with E-state index in [1.54, 1.807) is 13.1 Å². The van der Waals surface area contributed by atoms with Crippen molar-refractivity contribution in [2.75, 3.05) is 18.9 Å². The molecular weight excluding hydrogens is 267 g/mol. The third kappa shape index (κ3) is 4.05. The highest BCUT2D eigenvalue weighted by atomic mass is 19.1. The normalized spacial score (nSPS) is 10.2. The summed E-state index contributed by atoms with van der Waals surface area (Å²) < 4.78 is 13.1. The largest absolute Gasteiger partial charge is 0.387 e. The van der Waals surface area contributed by atoms with Gasteiger partial charge in [0.05, 0.1) is 5.56 Å². The molecule has 0 saturated heterocycles. The van der Waals surface area contributed by atoms with E-state index in [9.17, 15) is 9.18 Å². The third-order valence-corrected chi connectivity index (χ3v) is 3.28.